The number of methoxy groups -OCH3 is 1. The van der Waals surface area contributed by atoms with E-state index in [4.69, 9.17) is 4.74 Å². The zero-order valence-electron chi connectivity index (χ0n) is 17.8. The second-order valence-corrected chi connectivity index (χ2v) is 7.59. The first-order chi connectivity index (χ1) is 15.0. The molecule has 0 spiro atoms. The fourth-order valence-electron chi connectivity index (χ4n) is 3.75. The number of nitrogens with one attached hydrogen (secondary N) is 1. The van der Waals surface area contributed by atoms with Crippen molar-refractivity contribution in [2.24, 2.45) is 4.99 Å². The molecule has 1 aliphatic heterocycles. The summed E-state index contributed by atoms with van der Waals surface area (Å²) in [7, 11) is 1.55. The number of aliphatic imine (C=N–C) groups is 1. The van der Waals surface area contributed by atoms with Gasteiger partial charge in [0.05, 0.1) is 18.4 Å². The highest BCUT2D eigenvalue weighted by atomic mass is 19.1. The molecule has 1 aliphatic rings. The van der Waals surface area contributed by atoms with Gasteiger partial charge in [0.1, 0.15) is 11.6 Å². The van der Waals surface area contributed by atoms with Crippen molar-refractivity contribution in [2.75, 3.05) is 13.7 Å². The summed E-state index contributed by atoms with van der Waals surface area (Å²) in [5.74, 6) is -1.28. The van der Waals surface area contributed by atoms with Crippen LogP contribution in [0.5, 0.6) is 0 Å². The smallest absolute Gasteiger partial charge is 0.166 e. The summed E-state index contributed by atoms with van der Waals surface area (Å²) in [5, 5.41) is 14.3. The second-order valence-electron chi connectivity index (χ2n) is 7.59. The van der Waals surface area contributed by atoms with E-state index < -0.39 is 30.0 Å². The summed E-state index contributed by atoms with van der Waals surface area (Å²) in [5.41, 5.74) is 2.85. The van der Waals surface area contributed by atoms with Crippen LogP contribution in [0.2, 0.25) is 0 Å². The molecule has 2 aromatic rings. The molecule has 7 heteroatoms. The molecule has 5 nitrogen and oxygen atoms in total. The molecule has 166 valence electrons. The van der Waals surface area contributed by atoms with Crippen LogP contribution in [0.15, 0.2) is 59.9 Å². The van der Waals surface area contributed by atoms with E-state index in [-0.39, 0.29) is 6.42 Å². The molecule has 0 fully saturated rings. The lowest BCUT2D eigenvalue weighted by molar-refractivity contribution is -0.0183. The van der Waals surface area contributed by atoms with Crippen molar-refractivity contribution in [3.05, 3.63) is 83.2 Å². The normalized spacial score (nSPS) is 17.7. The highest BCUT2D eigenvalue weighted by Gasteiger charge is 2.30. The number of hydrogen-bond acceptors (Lipinski definition) is 5. The van der Waals surface area contributed by atoms with Crippen molar-refractivity contribution >= 4 is 6.21 Å². The minimum Gasteiger partial charge on any atom is -0.390 e. The molecule has 0 aliphatic carbocycles. The molecule has 0 bridgehead atoms. The van der Waals surface area contributed by atoms with Crippen molar-refractivity contribution in [2.45, 2.75) is 44.7 Å². The average Bonchev–Trinajstić information content (AvgIpc) is 2.77. The Morgan fingerprint density at radius 3 is 2.58 bits per heavy atom. The van der Waals surface area contributed by atoms with Crippen LogP contribution in [0.4, 0.5) is 8.78 Å². The van der Waals surface area contributed by atoms with Gasteiger partial charge in [-0.25, -0.2) is 8.78 Å². The lowest BCUT2D eigenvalue weighted by Crippen LogP contribution is -2.52. The van der Waals surface area contributed by atoms with Crippen molar-refractivity contribution in [1.82, 2.24) is 10.2 Å². The van der Waals surface area contributed by atoms with E-state index in [1.165, 1.54) is 17.7 Å². The SMILES string of the molecule is CCc1cccc(CNC[C@@H](O)[C@H](Cc2cc(F)cc(F)c2)N2C=CN=CC2OC)c1. The molecule has 3 rings (SSSR count). The van der Waals surface area contributed by atoms with Gasteiger partial charge in [0.2, 0.25) is 0 Å². The Bertz CT molecular complexity index is 899. The predicted molar refractivity (Wildman–Crippen MR) is 118 cm³/mol. The van der Waals surface area contributed by atoms with Crippen LogP contribution < -0.4 is 5.32 Å². The highest BCUT2D eigenvalue weighted by molar-refractivity contribution is 5.64. The molecule has 1 heterocycles. The van der Waals surface area contributed by atoms with E-state index >= 15 is 0 Å². The van der Waals surface area contributed by atoms with Gasteiger partial charge in [0, 0.05) is 38.7 Å². The summed E-state index contributed by atoms with van der Waals surface area (Å²) in [6, 6.07) is 11.2. The lowest BCUT2D eigenvalue weighted by atomic mass is 9.98. The zero-order valence-corrected chi connectivity index (χ0v) is 17.8. The summed E-state index contributed by atoms with van der Waals surface area (Å²) in [6.07, 6.45) is 4.84. The van der Waals surface area contributed by atoms with Gasteiger partial charge in [-0.15, -0.1) is 0 Å². The van der Waals surface area contributed by atoms with Crippen molar-refractivity contribution in [3.8, 4) is 0 Å². The molecular weight excluding hydrogens is 400 g/mol. The number of halogens is 2. The molecule has 3 atom stereocenters. The Balaban J connectivity index is 1.72. The molecule has 0 aromatic heterocycles. The van der Waals surface area contributed by atoms with Gasteiger partial charge in [-0.05, 0) is 41.7 Å². The van der Waals surface area contributed by atoms with E-state index in [2.05, 4.69) is 29.4 Å². The summed E-state index contributed by atoms with van der Waals surface area (Å²) >= 11 is 0. The third kappa shape index (κ3) is 6.43. The number of ether oxygens (including phenoxy) is 1. The first kappa shape index (κ1) is 23.1. The van der Waals surface area contributed by atoms with Gasteiger partial charge in [0.25, 0.3) is 0 Å². The predicted octanol–water partition coefficient (Wildman–Crippen LogP) is 3.42. The Morgan fingerprint density at radius 1 is 1.13 bits per heavy atom. The van der Waals surface area contributed by atoms with E-state index in [0.29, 0.717) is 18.7 Å². The molecular formula is C24H29F2N3O2. The minimum absolute atomic E-state index is 0.237. The van der Waals surface area contributed by atoms with E-state index in [9.17, 15) is 13.9 Å². The number of rotatable bonds is 10. The second kappa shape index (κ2) is 11.1. The van der Waals surface area contributed by atoms with Crippen LogP contribution in [0.3, 0.4) is 0 Å². The fourth-order valence-corrected chi connectivity index (χ4v) is 3.75. The van der Waals surface area contributed by atoms with Crippen LogP contribution in [0, 0.1) is 11.6 Å². The maximum atomic E-state index is 13.7. The van der Waals surface area contributed by atoms with Crippen LogP contribution in [-0.2, 0) is 24.1 Å². The number of aryl methyl sites for hydroxylation is 1. The molecule has 0 radical (unpaired) electrons. The average molecular weight is 430 g/mol. The van der Waals surface area contributed by atoms with Gasteiger partial charge in [-0.1, -0.05) is 31.2 Å². The molecule has 2 aromatic carbocycles. The van der Waals surface area contributed by atoms with Crippen LogP contribution in [0.25, 0.3) is 0 Å². The van der Waals surface area contributed by atoms with E-state index in [1.54, 1.807) is 25.7 Å². The van der Waals surface area contributed by atoms with E-state index in [0.717, 1.165) is 18.1 Å². The van der Waals surface area contributed by atoms with Crippen molar-refractivity contribution < 1.29 is 18.6 Å². The summed E-state index contributed by atoms with van der Waals surface area (Å²) < 4.78 is 32.9. The maximum absolute atomic E-state index is 13.7. The third-order valence-electron chi connectivity index (χ3n) is 5.35. The molecule has 0 saturated heterocycles. The summed E-state index contributed by atoms with van der Waals surface area (Å²) in [6.45, 7) is 3.02. The maximum Gasteiger partial charge on any atom is 0.166 e. The zero-order chi connectivity index (χ0) is 22.2. The quantitative estimate of drug-likeness (QED) is 0.608. The molecule has 1 unspecified atom stereocenters. The largest absolute Gasteiger partial charge is 0.390 e. The molecule has 31 heavy (non-hydrogen) atoms. The molecule has 0 amide bonds. The van der Waals surface area contributed by atoms with Gasteiger partial charge >= 0.3 is 0 Å². The Kier molecular flexibility index (Phi) is 8.28. The summed E-state index contributed by atoms with van der Waals surface area (Å²) in [4.78, 5) is 5.90. The van der Waals surface area contributed by atoms with Gasteiger partial charge in [0.15, 0.2) is 6.23 Å². The van der Waals surface area contributed by atoms with Gasteiger partial charge in [-0.3, -0.25) is 4.99 Å². The van der Waals surface area contributed by atoms with Crippen LogP contribution >= 0.6 is 0 Å². The third-order valence-corrected chi connectivity index (χ3v) is 5.35. The number of benzene rings is 2. The highest BCUT2D eigenvalue weighted by Crippen LogP contribution is 2.20. The Morgan fingerprint density at radius 2 is 1.87 bits per heavy atom. The van der Waals surface area contributed by atoms with E-state index in [1.807, 2.05) is 17.0 Å². The van der Waals surface area contributed by atoms with Crippen LogP contribution in [0.1, 0.15) is 23.6 Å². The standard InChI is InChI=1S/C24H29F2N3O2/c1-3-17-5-4-6-18(9-17)14-28-15-23(30)22(29-8-7-27-16-24(29)31-2)12-19-10-20(25)13-21(26)11-19/h4-11,13,16,22-24,28,30H,3,12,14-15H2,1-2H3/t22-,23+,24?/m0/s1. The first-order valence-corrected chi connectivity index (χ1v) is 10.4. The lowest BCUT2D eigenvalue weighted by Gasteiger charge is -2.38. The Labute approximate surface area is 182 Å². The molecule has 2 N–H and O–H groups in total. The topological polar surface area (TPSA) is 57.1 Å². The first-order valence-electron chi connectivity index (χ1n) is 10.4. The van der Waals surface area contributed by atoms with Gasteiger partial charge < -0.3 is 20.1 Å². The van der Waals surface area contributed by atoms with Crippen molar-refractivity contribution in [1.29, 1.82) is 0 Å². The number of hydrogen-bond donors (Lipinski definition) is 2. The minimum atomic E-state index is -0.825. The molecule has 0 saturated carbocycles. The Hall–Kier alpha value is -2.61. The van der Waals surface area contributed by atoms with Crippen molar-refractivity contribution in [3.63, 3.8) is 0 Å². The van der Waals surface area contributed by atoms with Gasteiger partial charge in [-0.2, -0.15) is 0 Å². The van der Waals surface area contributed by atoms with Crippen LogP contribution in [-0.4, -0.2) is 48.2 Å². The fraction of sp³-hybridized carbons (Fsp3) is 0.375. The monoisotopic (exact) mass is 429 g/mol. The number of aliphatic hydroxyl groups is 1. The number of aliphatic hydroxyl groups excluding tert-OH is 1. The number of nitrogens with zero attached hydrogens (tertiary/aromatic N) is 2.